The summed E-state index contributed by atoms with van der Waals surface area (Å²) >= 11 is 1.59. The van der Waals surface area contributed by atoms with Crippen LogP contribution in [-0.4, -0.2) is 30.4 Å². The topological polar surface area (TPSA) is 54.7 Å². The van der Waals surface area contributed by atoms with E-state index in [4.69, 9.17) is 4.99 Å². The fourth-order valence-corrected chi connectivity index (χ4v) is 6.86. The van der Waals surface area contributed by atoms with Crippen molar-refractivity contribution >= 4 is 27.0 Å². The number of nitrogens with zero attached hydrogens (tertiary/aromatic N) is 3. The highest BCUT2D eigenvalue weighted by atomic mass is 32.2. The van der Waals surface area contributed by atoms with E-state index >= 15 is 0 Å². The summed E-state index contributed by atoms with van der Waals surface area (Å²) in [5.74, 6) is 0. The van der Waals surface area contributed by atoms with Crippen LogP contribution in [0.1, 0.15) is 31.2 Å². The van der Waals surface area contributed by atoms with Gasteiger partial charge in [0.15, 0.2) is 4.80 Å². The van der Waals surface area contributed by atoms with Crippen molar-refractivity contribution in [1.82, 2.24) is 8.87 Å². The Bertz CT molecular complexity index is 1420. The van der Waals surface area contributed by atoms with E-state index in [1.165, 1.54) is 5.56 Å². The molecule has 7 heteroatoms. The number of sulfonamides is 1. The van der Waals surface area contributed by atoms with Crippen LogP contribution in [0.4, 0.5) is 5.69 Å². The molecule has 1 fully saturated rings. The van der Waals surface area contributed by atoms with Crippen LogP contribution in [0.25, 0.3) is 11.3 Å². The third-order valence-corrected chi connectivity index (χ3v) is 9.09. The van der Waals surface area contributed by atoms with Gasteiger partial charge in [-0.2, -0.15) is 4.31 Å². The Hall–Kier alpha value is -3.00. The predicted octanol–water partition coefficient (Wildman–Crippen LogP) is 6.06. The van der Waals surface area contributed by atoms with Crippen molar-refractivity contribution in [1.29, 1.82) is 0 Å². The molecule has 0 atom stereocenters. The second kappa shape index (κ2) is 10.7. The molecule has 0 aliphatic carbocycles. The molecule has 0 amide bonds. The lowest BCUT2D eigenvalue weighted by molar-refractivity contribution is 0.424. The first-order chi connectivity index (χ1) is 17.1. The van der Waals surface area contributed by atoms with E-state index in [1.807, 2.05) is 60.7 Å². The molecule has 35 heavy (non-hydrogen) atoms. The maximum absolute atomic E-state index is 13.2. The van der Waals surface area contributed by atoms with Crippen molar-refractivity contribution in [2.75, 3.05) is 13.1 Å². The standard InChI is InChI=1S/C28H29N3O2S2/c32-35(33,30-19-9-1-2-10-20-30)26-17-15-24(16-18-26)27-22-34-28(29-25-13-7-4-8-14-25)31(27)21-23-11-5-3-6-12-23/h3-8,11-18,22H,1-2,9-10,19-21H2. The minimum Gasteiger partial charge on any atom is -0.312 e. The van der Waals surface area contributed by atoms with E-state index in [9.17, 15) is 8.42 Å². The second-order valence-electron chi connectivity index (χ2n) is 8.77. The van der Waals surface area contributed by atoms with Crippen LogP contribution in [0.5, 0.6) is 0 Å². The van der Waals surface area contributed by atoms with Crippen LogP contribution in [-0.2, 0) is 16.6 Å². The Kier molecular flexibility index (Phi) is 7.27. The molecule has 3 aromatic carbocycles. The lowest BCUT2D eigenvalue weighted by atomic mass is 10.1. The molecule has 5 rings (SSSR count). The fraction of sp³-hybridized carbons (Fsp3) is 0.250. The van der Waals surface area contributed by atoms with Crippen LogP contribution in [0.15, 0.2) is 100 Å². The Morgan fingerprint density at radius 1 is 0.771 bits per heavy atom. The van der Waals surface area contributed by atoms with Gasteiger partial charge < -0.3 is 4.57 Å². The normalized spacial score (nSPS) is 15.7. The van der Waals surface area contributed by atoms with Crippen molar-refractivity contribution in [2.45, 2.75) is 37.1 Å². The van der Waals surface area contributed by atoms with E-state index in [1.54, 1.807) is 27.8 Å². The maximum Gasteiger partial charge on any atom is 0.243 e. The van der Waals surface area contributed by atoms with Gasteiger partial charge in [0.05, 0.1) is 22.8 Å². The molecule has 0 unspecified atom stereocenters. The van der Waals surface area contributed by atoms with Gasteiger partial charge in [-0.25, -0.2) is 13.4 Å². The lowest BCUT2D eigenvalue weighted by Gasteiger charge is -2.20. The lowest BCUT2D eigenvalue weighted by Crippen LogP contribution is -2.31. The molecule has 0 N–H and O–H groups in total. The summed E-state index contributed by atoms with van der Waals surface area (Å²) in [6.45, 7) is 1.89. The zero-order valence-electron chi connectivity index (χ0n) is 19.6. The van der Waals surface area contributed by atoms with E-state index < -0.39 is 10.0 Å². The van der Waals surface area contributed by atoms with Crippen LogP contribution in [0.2, 0.25) is 0 Å². The minimum absolute atomic E-state index is 0.363. The third kappa shape index (κ3) is 5.48. The summed E-state index contributed by atoms with van der Waals surface area (Å²) in [7, 11) is -3.47. The molecule has 1 saturated heterocycles. The summed E-state index contributed by atoms with van der Waals surface area (Å²) < 4.78 is 30.3. The minimum atomic E-state index is -3.47. The van der Waals surface area contributed by atoms with Crippen molar-refractivity contribution in [2.24, 2.45) is 4.99 Å². The SMILES string of the molecule is O=S(=O)(c1ccc(-c2csc(=Nc3ccccc3)n2Cc2ccccc2)cc1)N1CCCCCC1. The fourth-order valence-electron chi connectivity index (χ4n) is 4.41. The molecule has 0 radical (unpaired) electrons. The molecule has 4 aromatic rings. The summed E-state index contributed by atoms with van der Waals surface area (Å²) in [5, 5.41) is 2.10. The number of rotatable bonds is 6. The van der Waals surface area contributed by atoms with Crippen molar-refractivity contribution < 1.29 is 8.42 Å². The van der Waals surface area contributed by atoms with Gasteiger partial charge in [0.1, 0.15) is 0 Å². The first-order valence-electron chi connectivity index (χ1n) is 12.0. The summed E-state index contributed by atoms with van der Waals surface area (Å²) in [4.78, 5) is 6.15. The monoisotopic (exact) mass is 503 g/mol. The van der Waals surface area contributed by atoms with Gasteiger partial charge in [-0.05, 0) is 48.2 Å². The van der Waals surface area contributed by atoms with Crippen LogP contribution in [0, 0.1) is 0 Å². The van der Waals surface area contributed by atoms with Gasteiger partial charge in [-0.15, -0.1) is 11.3 Å². The number of benzene rings is 3. The van der Waals surface area contributed by atoms with E-state index in [0.717, 1.165) is 47.4 Å². The molecule has 180 valence electrons. The van der Waals surface area contributed by atoms with Crippen molar-refractivity contribution in [3.63, 3.8) is 0 Å². The molecule has 1 aliphatic heterocycles. The van der Waals surface area contributed by atoms with Crippen LogP contribution < -0.4 is 4.80 Å². The average Bonchev–Trinajstić information content (AvgIpc) is 3.08. The molecular formula is C28H29N3O2S2. The first kappa shape index (κ1) is 23.7. The Balaban J connectivity index is 1.51. The summed E-state index contributed by atoms with van der Waals surface area (Å²) in [5.41, 5.74) is 4.08. The van der Waals surface area contributed by atoms with Gasteiger partial charge in [0.25, 0.3) is 0 Å². The maximum atomic E-state index is 13.2. The largest absolute Gasteiger partial charge is 0.312 e. The van der Waals surface area contributed by atoms with E-state index in [2.05, 4.69) is 22.1 Å². The molecular weight excluding hydrogens is 474 g/mol. The second-order valence-corrected chi connectivity index (χ2v) is 11.5. The molecule has 0 bridgehead atoms. The molecule has 0 spiro atoms. The number of hydrogen-bond acceptors (Lipinski definition) is 4. The molecule has 5 nitrogen and oxygen atoms in total. The van der Waals surface area contributed by atoms with Crippen LogP contribution >= 0.6 is 11.3 Å². The number of thiazole rings is 1. The smallest absolute Gasteiger partial charge is 0.243 e. The zero-order valence-corrected chi connectivity index (χ0v) is 21.2. The van der Waals surface area contributed by atoms with Crippen LogP contribution in [0.3, 0.4) is 0 Å². The van der Waals surface area contributed by atoms with Crippen molar-refractivity contribution in [3.05, 3.63) is 101 Å². The average molecular weight is 504 g/mol. The highest BCUT2D eigenvalue weighted by molar-refractivity contribution is 7.89. The highest BCUT2D eigenvalue weighted by Crippen LogP contribution is 2.26. The Morgan fingerprint density at radius 3 is 2.06 bits per heavy atom. The summed E-state index contributed by atoms with van der Waals surface area (Å²) in [6, 6.07) is 27.6. The van der Waals surface area contributed by atoms with Crippen molar-refractivity contribution in [3.8, 4) is 11.3 Å². The van der Waals surface area contributed by atoms with E-state index in [0.29, 0.717) is 24.5 Å². The molecule has 0 saturated carbocycles. The van der Waals surface area contributed by atoms with Gasteiger partial charge >= 0.3 is 0 Å². The van der Waals surface area contributed by atoms with Gasteiger partial charge in [-0.1, -0.05) is 73.5 Å². The van der Waals surface area contributed by atoms with Gasteiger partial charge in [0.2, 0.25) is 10.0 Å². The third-order valence-electron chi connectivity index (χ3n) is 6.32. The number of para-hydroxylation sites is 1. The highest BCUT2D eigenvalue weighted by Gasteiger charge is 2.25. The molecule has 1 aliphatic rings. The first-order valence-corrected chi connectivity index (χ1v) is 14.4. The predicted molar refractivity (Wildman–Crippen MR) is 142 cm³/mol. The Labute approximate surface area is 211 Å². The Morgan fingerprint density at radius 2 is 1.40 bits per heavy atom. The molecule has 2 heterocycles. The van der Waals surface area contributed by atoms with E-state index in [-0.39, 0.29) is 0 Å². The molecule has 1 aromatic heterocycles. The summed E-state index contributed by atoms with van der Waals surface area (Å²) in [6.07, 6.45) is 4.06. The zero-order chi connectivity index (χ0) is 24.1. The van der Waals surface area contributed by atoms with Gasteiger partial charge in [0, 0.05) is 18.5 Å². The van der Waals surface area contributed by atoms with Gasteiger partial charge in [-0.3, -0.25) is 0 Å². The number of aromatic nitrogens is 1. The number of hydrogen-bond donors (Lipinski definition) is 0. The quantitative estimate of drug-likeness (QED) is 0.321.